The fourth-order valence-electron chi connectivity index (χ4n) is 2.26. The van der Waals surface area contributed by atoms with E-state index >= 15 is 0 Å². The average Bonchev–Trinajstić information content (AvgIpc) is 2.38. The lowest BCUT2D eigenvalue weighted by molar-refractivity contribution is 0.409. The molecule has 1 N–H and O–H groups in total. The highest BCUT2D eigenvalue weighted by molar-refractivity contribution is 9.10. The van der Waals surface area contributed by atoms with Crippen LogP contribution >= 0.6 is 15.9 Å². The third kappa shape index (κ3) is 3.31. The van der Waals surface area contributed by atoms with Crippen LogP contribution in [0.1, 0.15) is 22.3 Å². The number of benzene rings is 1. The van der Waals surface area contributed by atoms with E-state index in [1.807, 2.05) is 6.92 Å². The predicted molar refractivity (Wildman–Crippen MR) is 86.5 cm³/mol. The average molecular weight is 335 g/mol. The Bertz CT molecular complexity index is 626. The Morgan fingerprint density at radius 2 is 1.90 bits per heavy atom. The van der Waals surface area contributed by atoms with Crippen molar-refractivity contribution in [3.8, 4) is 5.75 Å². The van der Waals surface area contributed by atoms with Crippen molar-refractivity contribution in [3.05, 3.63) is 51.1 Å². The van der Waals surface area contributed by atoms with Crippen LogP contribution in [0.3, 0.4) is 0 Å². The Kier molecular flexibility index (Phi) is 4.65. The van der Waals surface area contributed by atoms with E-state index in [1.54, 1.807) is 13.3 Å². The monoisotopic (exact) mass is 334 g/mol. The number of hydrogen-bond donors (Lipinski definition) is 1. The number of rotatable bonds is 4. The van der Waals surface area contributed by atoms with Gasteiger partial charge in [-0.15, -0.1) is 0 Å². The summed E-state index contributed by atoms with van der Waals surface area (Å²) in [5, 5.41) is 3.38. The molecule has 2 rings (SSSR count). The summed E-state index contributed by atoms with van der Waals surface area (Å²) >= 11 is 3.42. The quantitative estimate of drug-likeness (QED) is 0.900. The Labute approximate surface area is 128 Å². The Morgan fingerprint density at radius 1 is 1.15 bits per heavy atom. The van der Waals surface area contributed by atoms with Gasteiger partial charge in [0.15, 0.2) is 0 Å². The first-order valence-electron chi connectivity index (χ1n) is 6.51. The third-order valence-electron chi connectivity index (χ3n) is 3.27. The number of anilines is 1. The molecular formula is C16H19BrN2O. The lowest BCUT2D eigenvalue weighted by Gasteiger charge is -2.15. The maximum atomic E-state index is 5.48. The van der Waals surface area contributed by atoms with E-state index in [9.17, 15) is 0 Å². The fourth-order valence-corrected chi connectivity index (χ4v) is 2.71. The van der Waals surface area contributed by atoms with E-state index < -0.39 is 0 Å². The zero-order chi connectivity index (χ0) is 14.7. The SMILES string of the molecule is COc1cc(C)cc(C)c1CNc1ncc(Br)cc1C. The first-order valence-corrected chi connectivity index (χ1v) is 7.30. The molecule has 0 aliphatic carbocycles. The zero-order valence-corrected chi connectivity index (χ0v) is 13.8. The van der Waals surface area contributed by atoms with Crippen LogP contribution in [-0.4, -0.2) is 12.1 Å². The van der Waals surface area contributed by atoms with Gasteiger partial charge in [0, 0.05) is 22.8 Å². The highest BCUT2D eigenvalue weighted by Gasteiger charge is 2.09. The molecule has 0 unspecified atom stereocenters. The Morgan fingerprint density at radius 3 is 2.55 bits per heavy atom. The fraction of sp³-hybridized carbons (Fsp3) is 0.312. The summed E-state index contributed by atoms with van der Waals surface area (Å²) in [4.78, 5) is 4.40. The smallest absolute Gasteiger partial charge is 0.129 e. The summed E-state index contributed by atoms with van der Waals surface area (Å²) < 4.78 is 6.47. The first kappa shape index (κ1) is 14.9. The summed E-state index contributed by atoms with van der Waals surface area (Å²) in [5.74, 6) is 1.82. The normalized spacial score (nSPS) is 10.4. The highest BCUT2D eigenvalue weighted by Crippen LogP contribution is 2.25. The van der Waals surface area contributed by atoms with Crippen molar-refractivity contribution in [3.63, 3.8) is 0 Å². The summed E-state index contributed by atoms with van der Waals surface area (Å²) in [5.41, 5.74) is 4.72. The van der Waals surface area contributed by atoms with E-state index in [1.165, 1.54) is 16.7 Å². The number of aromatic nitrogens is 1. The minimum absolute atomic E-state index is 0.699. The van der Waals surface area contributed by atoms with Gasteiger partial charge in [0.2, 0.25) is 0 Å². The van der Waals surface area contributed by atoms with Crippen molar-refractivity contribution >= 4 is 21.7 Å². The second kappa shape index (κ2) is 6.27. The molecule has 1 heterocycles. The van der Waals surface area contributed by atoms with Crippen LogP contribution in [0.5, 0.6) is 5.75 Å². The highest BCUT2D eigenvalue weighted by atomic mass is 79.9. The second-order valence-electron chi connectivity index (χ2n) is 4.94. The van der Waals surface area contributed by atoms with E-state index in [0.29, 0.717) is 6.54 Å². The number of halogens is 1. The van der Waals surface area contributed by atoms with Crippen molar-refractivity contribution < 1.29 is 4.74 Å². The van der Waals surface area contributed by atoms with Gasteiger partial charge >= 0.3 is 0 Å². The van der Waals surface area contributed by atoms with Crippen LogP contribution in [0.25, 0.3) is 0 Å². The topological polar surface area (TPSA) is 34.1 Å². The van der Waals surface area contributed by atoms with Crippen LogP contribution in [0, 0.1) is 20.8 Å². The molecule has 106 valence electrons. The van der Waals surface area contributed by atoms with Gasteiger partial charge in [0.05, 0.1) is 7.11 Å². The van der Waals surface area contributed by atoms with Crippen LogP contribution < -0.4 is 10.1 Å². The van der Waals surface area contributed by atoms with Gasteiger partial charge in [0.25, 0.3) is 0 Å². The number of ether oxygens (including phenoxy) is 1. The lowest BCUT2D eigenvalue weighted by atomic mass is 10.0. The van der Waals surface area contributed by atoms with Gasteiger partial charge in [0.1, 0.15) is 11.6 Å². The Hall–Kier alpha value is -1.55. The van der Waals surface area contributed by atoms with Crippen LogP contribution in [0.15, 0.2) is 28.9 Å². The standard InChI is InChI=1S/C16H19BrN2O/c1-10-5-11(2)14(15(6-10)20-4)9-19-16-12(3)7-13(17)8-18-16/h5-8H,9H2,1-4H3,(H,18,19). The number of pyridine rings is 1. The minimum atomic E-state index is 0.699. The van der Waals surface area contributed by atoms with Gasteiger partial charge in [-0.1, -0.05) is 6.07 Å². The number of nitrogens with zero attached hydrogens (tertiary/aromatic N) is 1. The molecule has 4 heteroatoms. The van der Waals surface area contributed by atoms with Crippen molar-refractivity contribution in [1.82, 2.24) is 4.98 Å². The molecule has 1 aromatic carbocycles. The van der Waals surface area contributed by atoms with Crippen LogP contribution in [0.4, 0.5) is 5.82 Å². The van der Waals surface area contributed by atoms with Crippen LogP contribution in [0.2, 0.25) is 0 Å². The molecule has 0 bridgehead atoms. The van der Waals surface area contributed by atoms with E-state index in [-0.39, 0.29) is 0 Å². The van der Waals surface area contributed by atoms with Crippen LogP contribution in [-0.2, 0) is 6.54 Å². The van der Waals surface area contributed by atoms with E-state index in [0.717, 1.165) is 21.6 Å². The molecule has 0 saturated heterocycles. The van der Waals surface area contributed by atoms with Gasteiger partial charge in [-0.05, 0) is 65.5 Å². The lowest BCUT2D eigenvalue weighted by Crippen LogP contribution is -2.06. The van der Waals surface area contributed by atoms with Crippen molar-refractivity contribution in [2.45, 2.75) is 27.3 Å². The molecule has 0 aliphatic heterocycles. The maximum absolute atomic E-state index is 5.48. The number of methoxy groups -OCH3 is 1. The molecule has 0 atom stereocenters. The number of aryl methyl sites for hydroxylation is 3. The van der Waals surface area contributed by atoms with Crippen molar-refractivity contribution in [1.29, 1.82) is 0 Å². The van der Waals surface area contributed by atoms with E-state index in [2.05, 4.69) is 58.3 Å². The molecule has 3 nitrogen and oxygen atoms in total. The summed E-state index contributed by atoms with van der Waals surface area (Å²) in [7, 11) is 1.71. The third-order valence-corrected chi connectivity index (χ3v) is 3.71. The minimum Gasteiger partial charge on any atom is -0.496 e. The molecule has 0 saturated carbocycles. The largest absolute Gasteiger partial charge is 0.496 e. The molecule has 0 aliphatic rings. The zero-order valence-electron chi connectivity index (χ0n) is 12.2. The molecule has 2 aromatic rings. The maximum Gasteiger partial charge on any atom is 0.129 e. The molecule has 0 amide bonds. The predicted octanol–water partition coefficient (Wildman–Crippen LogP) is 4.39. The summed E-state index contributed by atoms with van der Waals surface area (Å²) in [6, 6.07) is 6.28. The van der Waals surface area contributed by atoms with E-state index in [4.69, 9.17) is 4.74 Å². The molecule has 0 fully saturated rings. The number of hydrogen-bond acceptors (Lipinski definition) is 3. The molecule has 20 heavy (non-hydrogen) atoms. The molecule has 0 radical (unpaired) electrons. The van der Waals surface area contributed by atoms with Crippen molar-refractivity contribution in [2.75, 3.05) is 12.4 Å². The molecule has 1 aromatic heterocycles. The molecular weight excluding hydrogens is 316 g/mol. The van der Waals surface area contributed by atoms with Gasteiger partial charge in [-0.3, -0.25) is 0 Å². The van der Waals surface area contributed by atoms with Crippen molar-refractivity contribution in [2.24, 2.45) is 0 Å². The second-order valence-corrected chi connectivity index (χ2v) is 5.85. The van der Waals surface area contributed by atoms with Gasteiger partial charge in [-0.2, -0.15) is 0 Å². The number of nitrogens with one attached hydrogen (secondary N) is 1. The summed E-state index contributed by atoms with van der Waals surface area (Å²) in [6.45, 7) is 6.92. The van der Waals surface area contributed by atoms with Gasteiger partial charge in [-0.25, -0.2) is 4.98 Å². The molecule has 0 spiro atoms. The summed E-state index contributed by atoms with van der Waals surface area (Å²) in [6.07, 6.45) is 1.80. The first-order chi connectivity index (χ1) is 9.51. The Balaban J connectivity index is 2.22. The van der Waals surface area contributed by atoms with Gasteiger partial charge < -0.3 is 10.1 Å².